The highest BCUT2D eigenvalue weighted by Crippen LogP contribution is 2.43. The Morgan fingerprint density at radius 3 is 2.81 bits per heavy atom. The third kappa shape index (κ3) is 3.47. The van der Waals surface area contributed by atoms with E-state index in [1.165, 1.54) is 18.3 Å². The first-order valence-corrected chi connectivity index (χ1v) is 9.45. The zero-order chi connectivity index (χ0) is 22.3. The van der Waals surface area contributed by atoms with Crippen LogP contribution >= 0.6 is 0 Å². The van der Waals surface area contributed by atoms with Gasteiger partial charge in [0.2, 0.25) is 11.4 Å². The molecule has 4 rings (SSSR count). The third-order valence-corrected chi connectivity index (χ3v) is 5.02. The maximum Gasteiger partial charge on any atom is 0.341 e. The Morgan fingerprint density at radius 1 is 1.35 bits per heavy atom. The molecule has 2 aromatic heterocycles. The number of rotatable bonds is 6. The Balaban J connectivity index is 1.72. The standard InChI is InChI=1S/C20H19F2N5O4/c1-9-8-31-19-16(25-6-5-24-12-4-2-3-11(21)26-12)14(22)15(23)13-17(19)27(9)7-10(18(13)28)20(29)30/h2-4,7,9,25H,5-6,8,23H2,1H3,(H,24,26)(H,29,30). The van der Waals surface area contributed by atoms with E-state index in [0.717, 1.165) is 0 Å². The number of carboxylic acid groups (broad SMARTS) is 1. The number of hydrogen-bond acceptors (Lipinski definition) is 7. The van der Waals surface area contributed by atoms with Gasteiger partial charge in [-0.3, -0.25) is 4.79 Å². The van der Waals surface area contributed by atoms with Gasteiger partial charge in [0.1, 0.15) is 23.7 Å². The van der Waals surface area contributed by atoms with Crippen molar-refractivity contribution >= 4 is 34.1 Å². The highest BCUT2D eigenvalue weighted by atomic mass is 19.1. The van der Waals surface area contributed by atoms with E-state index in [-0.39, 0.29) is 48.1 Å². The van der Waals surface area contributed by atoms with Crippen LogP contribution in [-0.4, -0.2) is 40.3 Å². The van der Waals surface area contributed by atoms with E-state index in [2.05, 4.69) is 15.6 Å². The minimum Gasteiger partial charge on any atom is -0.487 e. The predicted molar refractivity (Wildman–Crippen MR) is 111 cm³/mol. The van der Waals surface area contributed by atoms with Crippen LogP contribution in [0.25, 0.3) is 10.9 Å². The van der Waals surface area contributed by atoms with Crippen LogP contribution in [0.5, 0.6) is 5.75 Å². The van der Waals surface area contributed by atoms with Crippen molar-refractivity contribution in [3.63, 3.8) is 0 Å². The van der Waals surface area contributed by atoms with Gasteiger partial charge in [0.15, 0.2) is 11.6 Å². The molecule has 0 saturated heterocycles. The molecule has 0 bridgehead atoms. The molecule has 3 aromatic rings. The van der Waals surface area contributed by atoms with Crippen LogP contribution in [0.15, 0.2) is 29.2 Å². The monoisotopic (exact) mass is 431 g/mol. The van der Waals surface area contributed by atoms with E-state index >= 15 is 4.39 Å². The fraction of sp³-hybridized carbons (Fsp3) is 0.250. The van der Waals surface area contributed by atoms with Gasteiger partial charge in [0.05, 0.1) is 22.6 Å². The van der Waals surface area contributed by atoms with Gasteiger partial charge in [0, 0.05) is 19.3 Å². The molecule has 31 heavy (non-hydrogen) atoms. The van der Waals surface area contributed by atoms with Gasteiger partial charge in [-0.05, 0) is 19.1 Å². The number of nitrogen functional groups attached to an aromatic ring is 1. The van der Waals surface area contributed by atoms with Crippen LogP contribution in [-0.2, 0) is 0 Å². The molecule has 1 atom stereocenters. The molecule has 0 radical (unpaired) electrons. The summed E-state index contributed by atoms with van der Waals surface area (Å²) in [5, 5.41) is 14.9. The van der Waals surface area contributed by atoms with Crippen LogP contribution < -0.4 is 26.5 Å². The summed E-state index contributed by atoms with van der Waals surface area (Å²) >= 11 is 0. The molecular weight excluding hydrogens is 412 g/mol. The van der Waals surface area contributed by atoms with Gasteiger partial charge in [-0.25, -0.2) is 14.2 Å². The van der Waals surface area contributed by atoms with Gasteiger partial charge in [-0.2, -0.15) is 4.39 Å². The Bertz CT molecular complexity index is 1260. The molecule has 0 fully saturated rings. The second kappa shape index (κ2) is 7.74. The molecule has 1 aliphatic rings. The lowest BCUT2D eigenvalue weighted by Gasteiger charge is -2.29. The molecule has 11 heteroatoms. The van der Waals surface area contributed by atoms with Crippen LogP contribution in [0.2, 0.25) is 0 Å². The van der Waals surface area contributed by atoms with Gasteiger partial charge in [-0.1, -0.05) is 6.07 Å². The van der Waals surface area contributed by atoms with Gasteiger partial charge < -0.3 is 30.8 Å². The number of anilines is 3. The second-order valence-corrected chi connectivity index (χ2v) is 7.10. The fourth-order valence-electron chi connectivity index (χ4n) is 3.54. The number of aromatic carboxylic acids is 1. The van der Waals surface area contributed by atoms with Crippen LogP contribution in [0.3, 0.4) is 0 Å². The number of nitrogens with zero attached hydrogens (tertiary/aromatic N) is 2. The number of nitrogens with one attached hydrogen (secondary N) is 2. The van der Waals surface area contributed by atoms with Crippen molar-refractivity contribution in [2.75, 3.05) is 36.1 Å². The molecule has 5 N–H and O–H groups in total. The second-order valence-electron chi connectivity index (χ2n) is 7.10. The molecule has 0 spiro atoms. The summed E-state index contributed by atoms with van der Waals surface area (Å²) in [6.45, 7) is 2.40. The number of benzene rings is 1. The number of hydrogen-bond donors (Lipinski definition) is 4. The van der Waals surface area contributed by atoms with Crippen molar-refractivity contribution in [2.45, 2.75) is 13.0 Å². The average Bonchev–Trinajstić information content (AvgIpc) is 2.73. The van der Waals surface area contributed by atoms with Crippen molar-refractivity contribution in [1.29, 1.82) is 0 Å². The molecule has 3 heterocycles. The van der Waals surface area contributed by atoms with E-state index in [1.807, 2.05) is 0 Å². The van der Waals surface area contributed by atoms with Crippen molar-refractivity contribution in [1.82, 2.24) is 9.55 Å². The minimum atomic E-state index is -1.42. The summed E-state index contributed by atoms with van der Waals surface area (Å²) in [5.74, 6) is -2.56. The van der Waals surface area contributed by atoms with Crippen LogP contribution in [0.4, 0.5) is 26.0 Å². The van der Waals surface area contributed by atoms with Crippen LogP contribution in [0.1, 0.15) is 23.3 Å². The zero-order valence-corrected chi connectivity index (χ0v) is 16.4. The summed E-state index contributed by atoms with van der Waals surface area (Å²) < 4.78 is 35.5. The molecule has 1 unspecified atom stereocenters. The lowest BCUT2D eigenvalue weighted by Crippen LogP contribution is -2.28. The summed E-state index contributed by atoms with van der Waals surface area (Å²) in [7, 11) is 0. The lowest BCUT2D eigenvalue weighted by atomic mass is 10.0. The third-order valence-electron chi connectivity index (χ3n) is 5.02. The number of carboxylic acids is 1. The molecular formula is C20H19F2N5O4. The topological polar surface area (TPSA) is 132 Å². The SMILES string of the molecule is CC1COc2c(NCCNc3cccc(F)n3)c(F)c(N)c3c(=O)c(C(=O)O)cn1c23. The van der Waals surface area contributed by atoms with Crippen molar-refractivity contribution < 1.29 is 23.4 Å². The Kier molecular flexibility index (Phi) is 5.09. The van der Waals surface area contributed by atoms with Crippen LogP contribution in [0, 0.1) is 11.8 Å². The highest BCUT2D eigenvalue weighted by Gasteiger charge is 2.30. The van der Waals surface area contributed by atoms with Crippen molar-refractivity contribution in [3.8, 4) is 5.75 Å². The molecule has 162 valence electrons. The lowest BCUT2D eigenvalue weighted by molar-refractivity contribution is 0.0694. The molecule has 0 aliphatic carbocycles. The van der Waals surface area contributed by atoms with Gasteiger partial charge in [-0.15, -0.1) is 0 Å². The summed E-state index contributed by atoms with van der Waals surface area (Å²) in [6, 6.07) is 4.01. The number of nitrogens with two attached hydrogens (primary N) is 1. The number of pyridine rings is 2. The first-order valence-electron chi connectivity index (χ1n) is 9.45. The quantitative estimate of drug-likeness (QED) is 0.266. The molecule has 1 aliphatic heterocycles. The van der Waals surface area contributed by atoms with Crippen molar-refractivity contribution in [2.24, 2.45) is 0 Å². The predicted octanol–water partition coefficient (Wildman–Crippen LogP) is 2.43. The zero-order valence-electron chi connectivity index (χ0n) is 16.4. The first-order chi connectivity index (χ1) is 14.8. The number of halogens is 2. The van der Waals surface area contributed by atoms with Gasteiger partial charge in [0.25, 0.3) is 0 Å². The maximum absolute atomic E-state index is 15.1. The molecule has 1 aromatic carbocycles. The van der Waals surface area contributed by atoms with E-state index in [0.29, 0.717) is 5.82 Å². The minimum absolute atomic E-state index is 0.0397. The first kappa shape index (κ1) is 20.4. The van der Waals surface area contributed by atoms with Crippen molar-refractivity contribution in [3.05, 3.63) is 51.9 Å². The molecule has 0 saturated carbocycles. The fourth-order valence-corrected chi connectivity index (χ4v) is 3.54. The normalized spacial score (nSPS) is 14.9. The largest absolute Gasteiger partial charge is 0.487 e. The Morgan fingerprint density at radius 2 is 2.10 bits per heavy atom. The van der Waals surface area contributed by atoms with E-state index in [9.17, 15) is 19.1 Å². The van der Waals surface area contributed by atoms with E-state index in [4.69, 9.17) is 10.5 Å². The van der Waals surface area contributed by atoms with E-state index < -0.39 is 34.4 Å². The number of ether oxygens (including phenoxy) is 1. The number of aromatic nitrogens is 2. The average molecular weight is 431 g/mol. The maximum atomic E-state index is 15.1. The van der Waals surface area contributed by atoms with Gasteiger partial charge >= 0.3 is 5.97 Å². The summed E-state index contributed by atoms with van der Waals surface area (Å²) in [4.78, 5) is 27.9. The molecule has 0 amide bonds. The van der Waals surface area contributed by atoms with E-state index in [1.54, 1.807) is 17.6 Å². The summed E-state index contributed by atoms with van der Waals surface area (Å²) in [5.41, 5.74) is 4.28. The smallest absolute Gasteiger partial charge is 0.341 e. The number of carbonyl (C=O) groups is 1. The highest BCUT2D eigenvalue weighted by molar-refractivity contribution is 6.03. The Hall–Kier alpha value is -3.89. The summed E-state index contributed by atoms with van der Waals surface area (Å²) in [6.07, 6.45) is 1.22. The Labute approximate surface area is 174 Å². The molecule has 9 nitrogen and oxygen atoms in total.